The van der Waals surface area contributed by atoms with Crippen LogP contribution in [0.2, 0.25) is 10.0 Å². The smallest absolute Gasteiger partial charge is 0.269 e. The number of fused-ring (bicyclic) bond motifs is 1. The van der Waals surface area contributed by atoms with E-state index in [0.29, 0.717) is 35.1 Å². The topological polar surface area (TPSA) is 169 Å². The van der Waals surface area contributed by atoms with Gasteiger partial charge >= 0.3 is 0 Å². The van der Waals surface area contributed by atoms with Crippen LogP contribution in [0, 0.1) is 6.92 Å². The minimum atomic E-state index is -0.682. The molecule has 190 valence electrons. The summed E-state index contributed by atoms with van der Waals surface area (Å²) in [5.41, 5.74) is 1.02. The number of aromatic nitrogens is 3. The number of aromatic amines is 2. The van der Waals surface area contributed by atoms with E-state index in [0.717, 1.165) is 22.8 Å². The molecule has 0 fully saturated rings. The molecule has 3 aromatic rings. The highest BCUT2D eigenvalue weighted by Crippen LogP contribution is 2.31. The van der Waals surface area contributed by atoms with Gasteiger partial charge in [-0.2, -0.15) is 0 Å². The fourth-order valence-corrected chi connectivity index (χ4v) is 5.22. The zero-order valence-electron chi connectivity index (χ0n) is 19.0. The number of hydrogen-bond acceptors (Lipinski definition) is 7. The number of hydrogen-bond donors (Lipinski definition) is 6. The number of rotatable bonds is 7. The average molecular weight is 553 g/mol. The largest absolute Gasteiger partial charge is 0.503 e. The minimum Gasteiger partial charge on any atom is -0.503 e. The lowest BCUT2D eigenvalue weighted by atomic mass is 9.97. The molecular weight excluding hydrogens is 531 g/mol. The van der Waals surface area contributed by atoms with Crippen LogP contribution < -0.4 is 21.4 Å². The number of pyridine rings is 1. The Hall–Kier alpha value is -3.35. The zero-order valence-corrected chi connectivity index (χ0v) is 21.3. The van der Waals surface area contributed by atoms with Gasteiger partial charge in [-0.3, -0.25) is 19.2 Å². The third-order valence-electron chi connectivity index (χ3n) is 5.58. The number of halogens is 2. The van der Waals surface area contributed by atoms with Crippen LogP contribution in [0.15, 0.2) is 17.1 Å². The summed E-state index contributed by atoms with van der Waals surface area (Å²) in [7, 11) is 0. The van der Waals surface area contributed by atoms with Crippen LogP contribution in [0.5, 0.6) is 5.75 Å². The van der Waals surface area contributed by atoms with Gasteiger partial charge in [-0.25, -0.2) is 4.98 Å². The molecule has 14 heteroatoms. The average Bonchev–Trinajstić information content (AvgIpc) is 3.35. The monoisotopic (exact) mass is 552 g/mol. The van der Waals surface area contributed by atoms with Gasteiger partial charge in [0.25, 0.3) is 11.8 Å². The summed E-state index contributed by atoms with van der Waals surface area (Å²) in [5, 5.41) is 18.4. The summed E-state index contributed by atoms with van der Waals surface area (Å²) in [4.78, 5) is 59.3. The van der Waals surface area contributed by atoms with Crippen molar-refractivity contribution in [3.63, 3.8) is 0 Å². The molecule has 36 heavy (non-hydrogen) atoms. The van der Waals surface area contributed by atoms with Crippen molar-refractivity contribution in [1.29, 1.82) is 0 Å². The number of nitrogens with one attached hydrogen (secondary N) is 5. The minimum absolute atomic E-state index is 0.00410. The molecule has 0 bridgehead atoms. The third-order valence-corrected chi connectivity index (χ3v) is 7.56. The number of nitrogens with zero attached hydrogens (tertiary/aromatic N) is 1. The maximum Gasteiger partial charge on any atom is 0.269 e. The maximum atomic E-state index is 12.6. The van der Waals surface area contributed by atoms with E-state index in [2.05, 4.69) is 30.9 Å². The second-order valence-corrected chi connectivity index (χ2v) is 10.0. The predicted octanol–water partition coefficient (Wildman–Crippen LogP) is 2.53. The lowest BCUT2D eigenvalue weighted by Crippen LogP contribution is -2.38. The molecule has 1 aliphatic rings. The Labute approximate surface area is 218 Å². The number of H-pyrrole nitrogens is 2. The molecular formula is C22H22Cl2N6O5S. The Kier molecular flexibility index (Phi) is 7.67. The number of aromatic hydroxyl groups is 1. The summed E-state index contributed by atoms with van der Waals surface area (Å²) >= 11 is 13.5. The van der Waals surface area contributed by atoms with Crippen molar-refractivity contribution >= 4 is 57.4 Å². The number of aryl methyl sites for hydroxylation is 2. The second-order valence-electron chi connectivity index (χ2n) is 8.21. The van der Waals surface area contributed by atoms with E-state index in [9.17, 15) is 24.3 Å². The fourth-order valence-electron chi connectivity index (χ4n) is 3.70. The van der Waals surface area contributed by atoms with Crippen LogP contribution in [0.1, 0.15) is 50.1 Å². The Balaban J connectivity index is 1.27. The first-order chi connectivity index (χ1) is 17.1. The van der Waals surface area contributed by atoms with Crippen molar-refractivity contribution in [2.45, 2.75) is 38.6 Å². The van der Waals surface area contributed by atoms with Crippen molar-refractivity contribution in [2.75, 3.05) is 11.9 Å². The molecule has 4 rings (SSSR count). The molecule has 0 unspecified atom stereocenters. The second kappa shape index (κ2) is 10.7. The lowest BCUT2D eigenvalue weighted by molar-refractivity contribution is -0.116. The van der Waals surface area contributed by atoms with E-state index in [1.54, 1.807) is 6.92 Å². The van der Waals surface area contributed by atoms with Crippen LogP contribution in [-0.2, 0) is 17.6 Å². The van der Waals surface area contributed by atoms with Crippen LogP contribution in [0.4, 0.5) is 5.13 Å². The van der Waals surface area contributed by atoms with Gasteiger partial charge in [0.1, 0.15) is 11.4 Å². The molecule has 0 spiro atoms. The summed E-state index contributed by atoms with van der Waals surface area (Å²) in [6.45, 7) is 1.77. The van der Waals surface area contributed by atoms with Gasteiger partial charge < -0.3 is 31.0 Å². The Morgan fingerprint density at radius 3 is 2.72 bits per heavy atom. The van der Waals surface area contributed by atoms with Crippen LogP contribution >= 0.6 is 34.5 Å². The Morgan fingerprint density at radius 2 is 2.03 bits per heavy atom. The highest BCUT2D eigenvalue weighted by atomic mass is 35.5. The van der Waals surface area contributed by atoms with Gasteiger partial charge in [0, 0.05) is 48.3 Å². The normalized spacial score (nSPS) is 14.7. The number of anilines is 1. The number of amides is 3. The number of thiazole rings is 1. The van der Waals surface area contributed by atoms with Crippen molar-refractivity contribution in [3.05, 3.63) is 60.2 Å². The van der Waals surface area contributed by atoms with Crippen LogP contribution in [-0.4, -0.2) is 50.4 Å². The van der Waals surface area contributed by atoms with Gasteiger partial charge in [-0.15, -0.1) is 11.3 Å². The molecule has 0 radical (unpaired) electrons. The number of carbonyl (C=O) groups is 3. The van der Waals surface area contributed by atoms with Crippen LogP contribution in [0.25, 0.3) is 0 Å². The van der Waals surface area contributed by atoms with Crippen molar-refractivity contribution in [1.82, 2.24) is 25.6 Å². The first-order valence-electron chi connectivity index (χ1n) is 10.9. The summed E-state index contributed by atoms with van der Waals surface area (Å²) < 4.78 is 0. The fraction of sp³-hybridized carbons (Fsp3) is 0.318. The van der Waals surface area contributed by atoms with Gasteiger partial charge in [0.05, 0.1) is 15.7 Å². The van der Waals surface area contributed by atoms with Gasteiger partial charge in [-0.1, -0.05) is 23.2 Å². The van der Waals surface area contributed by atoms with Crippen molar-refractivity contribution < 1.29 is 19.5 Å². The van der Waals surface area contributed by atoms with Crippen molar-refractivity contribution in [3.8, 4) is 5.75 Å². The van der Waals surface area contributed by atoms with Crippen LogP contribution in [0.3, 0.4) is 0 Å². The Morgan fingerprint density at radius 1 is 1.25 bits per heavy atom. The predicted molar refractivity (Wildman–Crippen MR) is 135 cm³/mol. The Bertz CT molecular complexity index is 1400. The molecule has 0 aliphatic heterocycles. The van der Waals surface area contributed by atoms with E-state index in [-0.39, 0.29) is 47.2 Å². The quantitative estimate of drug-likeness (QED) is 0.263. The van der Waals surface area contributed by atoms with Gasteiger partial charge in [-0.05, 0) is 19.8 Å². The zero-order chi connectivity index (χ0) is 26.0. The van der Waals surface area contributed by atoms with E-state index in [1.165, 1.54) is 11.3 Å². The summed E-state index contributed by atoms with van der Waals surface area (Å²) in [5.74, 6) is -1.73. The first-order valence-corrected chi connectivity index (χ1v) is 12.5. The SMILES string of the molecule is Cc1[nH]c(C(=O)N[C@H]2CCc3nc(NC(=O)CCNC(=O)c4cc(=O)c(O)c[nH]4)sc3C2)c(Cl)c1Cl. The standard InChI is InChI=1S/C22H22Cl2N6O5S/c1-9-17(23)18(24)19(27-9)21(35)28-10-2-3-11-15(6-10)36-22(29-11)30-16(33)4-5-25-20(34)12-7-13(31)14(32)8-26-12/h7-8,10,27,32H,2-6H2,1H3,(H,25,34)(H,26,31)(H,28,35)(H,29,30,33)/t10-/m0/s1. The maximum absolute atomic E-state index is 12.6. The molecule has 3 amide bonds. The summed E-state index contributed by atoms with van der Waals surface area (Å²) in [6, 6.07) is 0.859. The molecule has 6 N–H and O–H groups in total. The number of carbonyl (C=O) groups excluding carboxylic acids is 3. The van der Waals surface area contributed by atoms with E-state index in [1.807, 2.05) is 0 Å². The highest BCUT2D eigenvalue weighted by molar-refractivity contribution is 7.15. The van der Waals surface area contributed by atoms with Crippen molar-refractivity contribution in [2.24, 2.45) is 0 Å². The molecule has 1 aliphatic carbocycles. The third kappa shape index (κ3) is 5.72. The first kappa shape index (κ1) is 25.7. The van der Waals surface area contributed by atoms with Gasteiger partial charge in [0.15, 0.2) is 10.9 Å². The molecule has 3 aromatic heterocycles. The van der Waals surface area contributed by atoms with E-state index >= 15 is 0 Å². The lowest BCUT2D eigenvalue weighted by Gasteiger charge is -2.22. The molecule has 0 aromatic carbocycles. The molecule has 11 nitrogen and oxygen atoms in total. The molecule has 0 saturated carbocycles. The molecule has 0 saturated heterocycles. The molecule has 1 atom stereocenters. The molecule has 3 heterocycles. The van der Waals surface area contributed by atoms with E-state index < -0.39 is 17.1 Å². The summed E-state index contributed by atoms with van der Waals surface area (Å²) in [6.07, 6.45) is 2.92. The van der Waals surface area contributed by atoms with E-state index in [4.69, 9.17) is 23.2 Å². The highest BCUT2D eigenvalue weighted by Gasteiger charge is 2.26. The van der Waals surface area contributed by atoms with Gasteiger partial charge in [0.2, 0.25) is 11.3 Å².